The first-order chi connectivity index (χ1) is 21.0. The second kappa shape index (κ2) is 12.5. The van der Waals surface area contributed by atoms with Gasteiger partial charge in [-0.05, 0) is 61.2 Å². The van der Waals surface area contributed by atoms with Crippen LogP contribution in [0.1, 0.15) is 24.0 Å². The van der Waals surface area contributed by atoms with Crippen molar-refractivity contribution in [2.75, 3.05) is 44.9 Å². The number of sulfonamides is 1. The van der Waals surface area contributed by atoms with Crippen LogP contribution in [0, 0.1) is 0 Å². The molecule has 0 atom stereocenters. The van der Waals surface area contributed by atoms with E-state index in [9.17, 15) is 31.2 Å². The van der Waals surface area contributed by atoms with Crippen LogP contribution in [0.5, 0.6) is 5.75 Å². The van der Waals surface area contributed by atoms with E-state index in [1.165, 1.54) is 4.90 Å². The summed E-state index contributed by atoms with van der Waals surface area (Å²) in [6.45, 7) is 0.140. The van der Waals surface area contributed by atoms with Gasteiger partial charge in [-0.2, -0.15) is 17.5 Å². The second-order valence-corrected chi connectivity index (χ2v) is 12.7. The first kappa shape index (κ1) is 31.3. The first-order valence-electron chi connectivity index (χ1n) is 14.1. The summed E-state index contributed by atoms with van der Waals surface area (Å²) < 4.78 is 73.0. The Bertz CT molecular complexity index is 1610. The molecule has 0 aliphatic carbocycles. The van der Waals surface area contributed by atoms with Crippen LogP contribution >= 0.6 is 0 Å². The molecule has 0 radical (unpaired) electrons. The lowest BCUT2D eigenvalue weighted by atomic mass is 9.86. The molecular weight excluding hydrogens is 597 g/mol. The van der Waals surface area contributed by atoms with Gasteiger partial charge in [-0.1, -0.05) is 42.5 Å². The maximum Gasteiger partial charge on any atom is 0.416 e. The monoisotopic (exact) mass is 630 g/mol. The number of para-hydroxylation sites is 2. The molecule has 2 heterocycles. The minimum atomic E-state index is -4.69. The van der Waals surface area contributed by atoms with E-state index >= 15 is 0 Å². The first-order valence-corrected chi connectivity index (χ1v) is 15.6. The average molecular weight is 631 g/mol. The third-order valence-corrected chi connectivity index (χ3v) is 10.1. The van der Waals surface area contributed by atoms with Gasteiger partial charge in [0.2, 0.25) is 21.8 Å². The molecule has 2 aliphatic rings. The summed E-state index contributed by atoms with van der Waals surface area (Å²) in [5.41, 5.74) is -0.480. The molecule has 0 unspecified atom stereocenters. The molecule has 5 rings (SSSR count). The summed E-state index contributed by atoms with van der Waals surface area (Å²) in [4.78, 5) is 29.8. The van der Waals surface area contributed by atoms with Crippen LogP contribution < -0.4 is 15.0 Å². The number of piperidine rings is 1. The number of rotatable bonds is 9. The Morgan fingerprint density at radius 3 is 2.34 bits per heavy atom. The van der Waals surface area contributed by atoms with Crippen LogP contribution in [0.3, 0.4) is 0 Å². The van der Waals surface area contributed by atoms with Crippen molar-refractivity contribution in [2.24, 2.45) is 0 Å². The largest absolute Gasteiger partial charge is 0.496 e. The van der Waals surface area contributed by atoms with Crippen molar-refractivity contribution in [1.29, 1.82) is 0 Å². The predicted molar refractivity (Wildman–Crippen MR) is 157 cm³/mol. The van der Waals surface area contributed by atoms with Crippen molar-refractivity contribution in [1.82, 2.24) is 14.5 Å². The number of carbonyl (C=O) groups excluding carboxylic acids is 2. The Kier molecular flexibility index (Phi) is 8.89. The molecule has 44 heavy (non-hydrogen) atoms. The van der Waals surface area contributed by atoms with E-state index in [4.69, 9.17) is 4.74 Å². The van der Waals surface area contributed by atoms with Crippen molar-refractivity contribution in [2.45, 2.75) is 35.9 Å². The molecule has 9 nitrogen and oxygen atoms in total. The van der Waals surface area contributed by atoms with E-state index in [0.717, 1.165) is 39.5 Å². The standard InChI is InChI=1S/C31H33F3N4O5S/c1-43-27-13-6-5-8-23(27)14-17-35-28(39)21-36-22-38(25-10-3-2-4-11-25)30(29(36)40)15-18-37(19-16-30)44(41,42)26-12-7-9-24(20-26)31(32,33)34/h2-13,20H,14-19,21-22H2,1H3,(H,35,39). The fourth-order valence-electron chi connectivity index (χ4n) is 5.88. The molecule has 0 saturated carbocycles. The zero-order valence-electron chi connectivity index (χ0n) is 24.1. The summed E-state index contributed by atoms with van der Waals surface area (Å²) >= 11 is 0. The fourth-order valence-corrected chi connectivity index (χ4v) is 7.36. The van der Waals surface area contributed by atoms with Crippen molar-refractivity contribution in [3.05, 3.63) is 90.0 Å². The molecule has 3 aromatic rings. The lowest BCUT2D eigenvalue weighted by molar-refractivity contribution is -0.137. The number of nitrogens with one attached hydrogen (secondary N) is 1. The van der Waals surface area contributed by atoms with Gasteiger partial charge in [-0.15, -0.1) is 0 Å². The molecular formula is C31H33F3N4O5S. The number of hydrogen-bond acceptors (Lipinski definition) is 6. The molecule has 2 saturated heterocycles. The number of methoxy groups -OCH3 is 1. The Morgan fingerprint density at radius 1 is 0.977 bits per heavy atom. The topological polar surface area (TPSA) is 99.3 Å². The quantitative estimate of drug-likeness (QED) is 0.385. The fraction of sp³-hybridized carbons (Fsp3) is 0.355. The third kappa shape index (κ3) is 6.25. The minimum absolute atomic E-state index is 0.0768. The van der Waals surface area contributed by atoms with E-state index in [1.807, 2.05) is 59.5 Å². The summed E-state index contributed by atoms with van der Waals surface area (Å²) in [6.07, 6.45) is -3.94. The van der Waals surface area contributed by atoms with E-state index < -0.39 is 32.2 Å². The molecule has 1 N–H and O–H groups in total. The number of alkyl halides is 3. The highest BCUT2D eigenvalue weighted by molar-refractivity contribution is 7.89. The molecule has 0 bridgehead atoms. The number of amides is 2. The summed E-state index contributed by atoms with van der Waals surface area (Å²) in [6, 6.07) is 20.3. The Balaban J connectivity index is 1.30. The predicted octanol–water partition coefficient (Wildman–Crippen LogP) is 3.90. The van der Waals surface area contributed by atoms with Crippen molar-refractivity contribution in [3.8, 4) is 5.75 Å². The SMILES string of the molecule is COc1ccccc1CCNC(=O)CN1CN(c2ccccc2)C2(CCN(S(=O)(=O)c3cccc(C(F)(F)F)c3)CC2)C1=O. The molecule has 2 fully saturated rings. The van der Waals surface area contributed by atoms with Gasteiger partial charge >= 0.3 is 6.18 Å². The zero-order valence-corrected chi connectivity index (χ0v) is 24.9. The normalized spacial score (nSPS) is 17.2. The Morgan fingerprint density at radius 2 is 1.66 bits per heavy atom. The summed E-state index contributed by atoms with van der Waals surface area (Å²) in [5.74, 6) is 0.0959. The van der Waals surface area contributed by atoms with E-state index in [1.54, 1.807) is 7.11 Å². The van der Waals surface area contributed by atoms with E-state index in [0.29, 0.717) is 19.0 Å². The third-order valence-electron chi connectivity index (χ3n) is 8.17. The maximum atomic E-state index is 14.0. The second-order valence-electron chi connectivity index (χ2n) is 10.8. The average Bonchev–Trinajstić information content (AvgIpc) is 3.27. The van der Waals surface area contributed by atoms with Crippen molar-refractivity contribution < 1.29 is 35.9 Å². The molecule has 13 heteroatoms. The van der Waals surface area contributed by atoms with Gasteiger partial charge in [-0.25, -0.2) is 8.42 Å². The van der Waals surface area contributed by atoms with Gasteiger partial charge in [0.1, 0.15) is 17.8 Å². The molecule has 2 aliphatic heterocycles. The van der Waals surface area contributed by atoms with Crippen LogP contribution in [0.2, 0.25) is 0 Å². The van der Waals surface area contributed by atoms with E-state index in [2.05, 4.69) is 5.32 Å². The van der Waals surface area contributed by atoms with Crippen molar-refractivity contribution in [3.63, 3.8) is 0 Å². The van der Waals surface area contributed by atoms with Gasteiger partial charge in [0.15, 0.2) is 0 Å². The Hall–Kier alpha value is -4.10. The number of nitrogens with zero attached hydrogens (tertiary/aromatic N) is 3. The zero-order chi connectivity index (χ0) is 31.5. The maximum absolute atomic E-state index is 14.0. The van der Waals surface area contributed by atoms with E-state index in [-0.39, 0.29) is 51.0 Å². The molecule has 0 aromatic heterocycles. The van der Waals surface area contributed by atoms with Crippen LogP contribution in [-0.4, -0.2) is 74.9 Å². The highest BCUT2D eigenvalue weighted by atomic mass is 32.2. The van der Waals surface area contributed by atoms with Crippen LogP contribution in [0.25, 0.3) is 0 Å². The van der Waals surface area contributed by atoms with Gasteiger partial charge in [0.25, 0.3) is 0 Å². The number of carbonyl (C=O) groups is 2. The minimum Gasteiger partial charge on any atom is -0.496 e. The molecule has 1 spiro atoms. The lowest BCUT2D eigenvalue weighted by Gasteiger charge is -2.42. The highest BCUT2D eigenvalue weighted by Crippen LogP contribution is 2.41. The summed E-state index contributed by atoms with van der Waals surface area (Å²) in [5, 5.41) is 2.86. The van der Waals surface area contributed by atoms with Gasteiger partial charge in [0, 0.05) is 25.3 Å². The van der Waals surface area contributed by atoms with Gasteiger partial charge < -0.3 is 19.9 Å². The smallest absolute Gasteiger partial charge is 0.416 e. The number of halogens is 3. The van der Waals surface area contributed by atoms with Crippen LogP contribution in [-0.2, 0) is 32.2 Å². The number of benzene rings is 3. The molecule has 234 valence electrons. The Labute approximate surface area is 254 Å². The lowest BCUT2D eigenvalue weighted by Crippen LogP contribution is -2.57. The van der Waals surface area contributed by atoms with Crippen LogP contribution in [0.4, 0.5) is 18.9 Å². The highest BCUT2D eigenvalue weighted by Gasteiger charge is 2.55. The van der Waals surface area contributed by atoms with Crippen LogP contribution in [0.15, 0.2) is 83.8 Å². The van der Waals surface area contributed by atoms with Crippen molar-refractivity contribution >= 4 is 27.5 Å². The molecule has 2 amide bonds. The number of hydrogen-bond donors (Lipinski definition) is 1. The number of ether oxygens (including phenoxy) is 1. The number of anilines is 1. The van der Waals surface area contributed by atoms with Gasteiger partial charge in [0.05, 0.1) is 24.2 Å². The van der Waals surface area contributed by atoms with Gasteiger partial charge in [-0.3, -0.25) is 9.59 Å². The molecule has 3 aromatic carbocycles. The summed E-state index contributed by atoms with van der Waals surface area (Å²) in [7, 11) is -2.67.